The first-order valence-corrected chi connectivity index (χ1v) is 8.97. The van der Waals surface area contributed by atoms with E-state index in [0.29, 0.717) is 11.7 Å². The van der Waals surface area contributed by atoms with Gasteiger partial charge in [-0.2, -0.15) is 0 Å². The molecule has 1 heterocycles. The zero-order valence-electron chi connectivity index (χ0n) is 14.7. The van der Waals surface area contributed by atoms with Gasteiger partial charge in [0.25, 0.3) is 5.91 Å². The molecular formula is C21H22N2O3. The van der Waals surface area contributed by atoms with Gasteiger partial charge in [-0.25, -0.2) is 0 Å². The summed E-state index contributed by atoms with van der Waals surface area (Å²) in [6, 6.07) is 16.9. The Kier molecular flexibility index (Phi) is 4.37. The summed E-state index contributed by atoms with van der Waals surface area (Å²) in [6.45, 7) is 0.155. The van der Waals surface area contributed by atoms with E-state index in [1.165, 1.54) is 5.56 Å². The van der Waals surface area contributed by atoms with Crippen molar-refractivity contribution in [3.63, 3.8) is 0 Å². The molecule has 1 N–H and O–H groups in total. The Hall–Kier alpha value is -2.82. The van der Waals surface area contributed by atoms with Gasteiger partial charge in [0, 0.05) is 13.0 Å². The summed E-state index contributed by atoms with van der Waals surface area (Å²) in [6.07, 6.45) is 1.78. The first kappa shape index (κ1) is 16.6. The standard InChI is InChI=1S/C21H22N2O3/c1-23-18-9-5-6-10-19(18)26-13-17(21(23)25)22-20(24)16-12-15(16)11-14-7-3-2-4-8-14/h2-10,15-17H,11-13H2,1H3,(H,22,24)/t15-,16-,17?/m0/s1. The second-order valence-electron chi connectivity index (χ2n) is 7.03. The lowest BCUT2D eigenvalue weighted by atomic mass is 10.1. The number of amides is 2. The molecule has 0 aromatic heterocycles. The highest BCUT2D eigenvalue weighted by Crippen LogP contribution is 2.41. The van der Waals surface area contributed by atoms with E-state index in [1.54, 1.807) is 11.9 Å². The number of likely N-dealkylation sites (N-methyl/N-ethyl adjacent to an activating group) is 1. The molecule has 5 nitrogen and oxygen atoms in total. The van der Waals surface area contributed by atoms with Crippen molar-refractivity contribution >= 4 is 17.5 Å². The van der Waals surface area contributed by atoms with Gasteiger partial charge in [0.1, 0.15) is 18.4 Å². The Balaban J connectivity index is 1.37. The van der Waals surface area contributed by atoms with Crippen molar-refractivity contribution in [1.29, 1.82) is 0 Å². The van der Waals surface area contributed by atoms with Gasteiger partial charge in [-0.15, -0.1) is 0 Å². The minimum absolute atomic E-state index is 0.0149. The molecule has 1 aliphatic heterocycles. The fourth-order valence-electron chi connectivity index (χ4n) is 3.55. The Labute approximate surface area is 153 Å². The minimum atomic E-state index is -0.655. The fourth-order valence-corrected chi connectivity index (χ4v) is 3.55. The van der Waals surface area contributed by atoms with Crippen LogP contribution < -0.4 is 15.0 Å². The molecule has 2 aromatic rings. The zero-order chi connectivity index (χ0) is 18.1. The molecule has 0 saturated heterocycles. The molecule has 26 heavy (non-hydrogen) atoms. The normalized spacial score (nSPS) is 24.3. The van der Waals surface area contributed by atoms with E-state index in [-0.39, 0.29) is 24.3 Å². The predicted molar refractivity (Wildman–Crippen MR) is 99.0 cm³/mol. The Bertz CT molecular complexity index is 821. The molecule has 2 aliphatic rings. The van der Waals surface area contributed by atoms with Crippen molar-refractivity contribution in [2.75, 3.05) is 18.6 Å². The highest BCUT2D eigenvalue weighted by molar-refractivity contribution is 6.01. The van der Waals surface area contributed by atoms with Gasteiger partial charge in [0.15, 0.2) is 0 Å². The number of para-hydroxylation sites is 2. The second kappa shape index (κ2) is 6.83. The number of rotatable bonds is 4. The quantitative estimate of drug-likeness (QED) is 0.921. The lowest BCUT2D eigenvalue weighted by molar-refractivity contribution is -0.128. The van der Waals surface area contributed by atoms with Crippen molar-refractivity contribution in [2.45, 2.75) is 18.9 Å². The Morgan fingerprint density at radius 1 is 1.15 bits per heavy atom. The molecule has 0 radical (unpaired) electrons. The summed E-state index contributed by atoms with van der Waals surface area (Å²) in [5, 5.41) is 2.90. The summed E-state index contributed by atoms with van der Waals surface area (Å²) in [7, 11) is 1.71. The molecule has 2 aromatic carbocycles. The van der Waals surface area contributed by atoms with Crippen LogP contribution in [0.1, 0.15) is 12.0 Å². The fraction of sp³-hybridized carbons (Fsp3) is 0.333. The van der Waals surface area contributed by atoms with E-state index >= 15 is 0 Å². The maximum atomic E-state index is 12.7. The summed E-state index contributed by atoms with van der Waals surface area (Å²) in [5.41, 5.74) is 1.97. The summed E-state index contributed by atoms with van der Waals surface area (Å²) < 4.78 is 5.75. The monoisotopic (exact) mass is 350 g/mol. The number of nitrogens with one attached hydrogen (secondary N) is 1. The number of anilines is 1. The Morgan fingerprint density at radius 3 is 2.69 bits per heavy atom. The van der Waals surface area contributed by atoms with Crippen molar-refractivity contribution in [3.8, 4) is 5.75 Å². The number of hydrogen-bond donors (Lipinski definition) is 1. The van der Waals surface area contributed by atoms with Crippen LogP contribution in [0.5, 0.6) is 5.75 Å². The lowest BCUT2D eigenvalue weighted by Crippen LogP contribution is -2.50. The van der Waals surface area contributed by atoms with Crippen molar-refractivity contribution in [3.05, 3.63) is 60.2 Å². The molecule has 1 saturated carbocycles. The summed E-state index contributed by atoms with van der Waals surface area (Å²) in [4.78, 5) is 26.8. The van der Waals surface area contributed by atoms with Gasteiger partial charge in [0.05, 0.1) is 5.69 Å². The third kappa shape index (κ3) is 3.29. The van der Waals surface area contributed by atoms with E-state index in [2.05, 4.69) is 17.4 Å². The van der Waals surface area contributed by atoms with Crippen molar-refractivity contribution < 1.29 is 14.3 Å². The molecule has 3 atom stereocenters. The molecule has 0 spiro atoms. The third-order valence-electron chi connectivity index (χ3n) is 5.18. The lowest BCUT2D eigenvalue weighted by Gasteiger charge is -2.20. The zero-order valence-corrected chi connectivity index (χ0v) is 14.7. The van der Waals surface area contributed by atoms with Gasteiger partial charge in [-0.1, -0.05) is 42.5 Å². The van der Waals surface area contributed by atoms with Crippen LogP contribution in [0.3, 0.4) is 0 Å². The Morgan fingerprint density at radius 2 is 1.88 bits per heavy atom. The van der Waals surface area contributed by atoms with Gasteiger partial charge < -0.3 is 15.0 Å². The molecule has 0 bridgehead atoms. The van der Waals surface area contributed by atoms with Gasteiger partial charge in [0.2, 0.25) is 5.91 Å². The number of carbonyl (C=O) groups is 2. The molecular weight excluding hydrogens is 328 g/mol. The van der Waals surface area contributed by atoms with E-state index in [4.69, 9.17) is 4.74 Å². The number of fused-ring (bicyclic) bond motifs is 1. The number of nitrogens with zero attached hydrogens (tertiary/aromatic N) is 1. The average molecular weight is 350 g/mol. The summed E-state index contributed by atoms with van der Waals surface area (Å²) >= 11 is 0. The largest absolute Gasteiger partial charge is 0.489 e. The van der Waals surface area contributed by atoms with E-state index in [0.717, 1.165) is 18.5 Å². The summed E-state index contributed by atoms with van der Waals surface area (Å²) in [5.74, 6) is 0.803. The minimum Gasteiger partial charge on any atom is -0.489 e. The van der Waals surface area contributed by atoms with Crippen LogP contribution in [0.25, 0.3) is 0 Å². The number of carbonyl (C=O) groups excluding carboxylic acids is 2. The molecule has 1 aliphatic carbocycles. The third-order valence-corrected chi connectivity index (χ3v) is 5.18. The predicted octanol–water partition coefficient (Wildman–Crippen LogP) is 2.41. The molecule has 134 valence electrons. The highest BCUT2D eigenvalue weighted by atomic mass is 16.5. The molecule has 1 unspecified atom stereocenters. The van der Waals surface area contributed by atoms with Gasteiger partial charge in [-0.3, -0.25) is 9.59 Å². The first-order chi connectivity index (χ1) is 12.6. The van der Waals surface area contributed by atoms with Crippen LogP contribution in [-0.4, -0.2) is 31.5 Å². The van der Waals surface area contributed by atoms with Crippen LogP contribution in [0.2, 0.25) is 0 Å². The van der Waals surface area contributed by atoms with Gasteiger partial charge in [-0.05, 0) is 36.5 Å². The number of benzene rings is 2. The van der Waals surface area contributed by atoms with E-state index in [1.807, 2.05) is 42.5 Å². The average Bonchev–Trinajstić information content (AvgIpc) is 3.44. The topological polar surface area (TPSA) is 58.6 Å². The van der Waals surface area contributed by atoms with Crippen molar-refractivity contribution in [1.82, 2.24) is 5.32 Å². The first-order valence-electron chi connectivity index (χ1n) is 8.97. The molecule has 1 fully saturated rings. The number of hydrogen-bond acceptors (Lipinski definition) is 3. The maximum absolute atomic E-state index is 12.7. The van der Waals surface area contributed by atoms with Crippen LogP contribution in [-0.2, 0) is 16.0 Å². The molecule has 5 heteroatoms. The van der Waals surface area contributed by atoms with Crippen molar-refractivity contribution in [2.24, 2.45) is 11.8 Å². The smallest absolute Gasteiger partial charge is 0.252 e. The molecule has 2 amide bonds. The number of ether oxygens (including phenoxy) is 1. The van der Waals surface area contributed by atoms with E-state index < -0.39 is 6.04 Å². The highest BCUT2D eigenvalue weighted by Gasteiger charge is 2.44. The maximum Gasteiger partial charge on any atom is 0.252 e. The SMILES string of the molecule is CN1C(=O)C(NC(=O)[C@H]2C[C@@H]2Cc2ccccc2)COc2ccccc21. The van der Waals surface area contributed by atoms with E-state index in [9.17, 15) is 9.59 Å². The second-order valence-corrected chi connectivity index (χ2v) is 7.03. The molecule has 4 rings (SSSR count). The van der Waals surface area contributed by atoms with Crippen LogP contribution in [0.4, 0.5) is 5.69 Å². The van der Waals surface area contributed by atoms with Crippen LogP contribution >= 0.6 is 0 Å². The van der Waals surface area contributed by atoms with Crippen LogP contribution in [0.15, 0.2) is 54.6 Å². The van der Waals surface area contributed by atoms with Gasteiger partial charge >= 0.3 is 0 Å². The van der Waals surface area contributed by atoms with Crippen LogP contribution in [0, 0.1) is 11.8 Å².